The summed E-state index contributed by atoms with van der Waals surface area (Å²) in [6, 6.07) is 1.60. The predicted molar refractivity (Wildman–Crippen MR) is 142 cm³/mol. The molecule has 17 heteroatoms. The van der Waals surface area contributed by atoms with E-state index in [0.29, 0.717) is 46.9 Å². The highest BCUT2D eigenvalue weighted by atomic mass is 32.3. The second-order valence-electron chi connectivity index (χ2n) is 9.11. The molecule has 0 aromatic carbocycles. The number of fused-ring (bicyclic) bond motifs is 2. The quantitative estimate of drug-likeness (QED) is 0.391. The minimum atomic E-state index is -4.70. The maximum atomic E-state index is 13.2. The molecule has 0 spiro atoms. The van der Waals surface area contributed by atoms with E-state index in [1.807, 2.05) is 13.8 Å². The number of sulfonamides is 2. The van der Waals surface area contributed by atoms with Crippen LogP contribution >= 0.6 is 22.7 Å². The maximum Gasteiger partial charge on any atom is 0.263 e. The van der Waals surface area contributed by atoms with Crippen LogP contribution in [0.3, 0.4) is 0 Å². The Bertz CT molecular complexity index is 1520. The van der Waals surface area contributed by atoms with Crippen molar-refractivity contribution in [2.45, 2.75) is 80.0 Å². The van der Waals surface area contributed by atoms with E-state index in [1.165, 1.54) is 12.1 Å². The Balaban J connectivity index is 1.73. The molecule has 0 bridgehead atoms. The van der Waals surface area contributed by atoms with Gasteiger partial charge >= 0.3 is 0 Å². The van der Waals surface area contributed by atoms with Gasteiger partial charge in [0.05, 0.1) is 10.5 Å². The average Bonchev–Trinajstić information content (AvgIpc) is 3.43. The lowest BCUT2D eigenvalue weighted by atomic mass is 10.1. The molecule has 1 unspecified atom stereocenters. The third-order valence-electron chi connectivity index (χ3n) is 6.52. The number of sulfone groups is 2. The molecular weight excluding hydrogens is 603 g/mol. The summed E-state index contributed by atoms with van der Waals surface area (Å²) in [5, 5.41) is 4.83. The second kappa shape index (κ2) is 9.92. The van der Waals surface area contributed by atoms with Crippen molar-refractivity contribution < 1.29 is 33.7 Å². The lowest BCUT2D eigenvalue weighted by molar-refractivity contribution is 0.477. The summed E-state index contributed by atoms with van der Waals surface area (Å²) >= 11 is 1.02. The fraction of sp³-hybridized carbons (Fsp3) is 0.600. The van der Waals surface area contributed by atoms with Gasteiger partial charge in [0.2, 0.25) is 0 Å². The van der Waals surface area contributed by atoms with Gasteiger partial charge in [-0.15, -0.1) is 22.7 Å². The van der Waals surface area contributed by atoms with Gasteiger partial charge in [0.15, 0.2) is 19.7 Å². The molecule has 0 aliphatic carbocycles. The molecule has 11 nitrogen and oxygen atoms in total. The van der Waals surface area contributed by atoms with Crippen LogP contribution in [0.4, 0.5) is 0 Å². The molecule has 2 aliphatic heterocycles. The largest absolute Gasteiger partial charge is 0.310 e. The van der Waals surface area contributed by atoms with E-state index < -0.39 is 70.7 Å². The van der Waals surface area contributed by atoms with Crippen LogP contribution in [0.5, 0.6) is 0 Å². The molecule has 4 rings (SSSR count). The van der Waals surface area contributed by atoms with Crippen molar-refractivity contribution in [3.63, 3.8) is 0 Å². The third-order valence-corrected chi connectivity index (χ3v) is 18.8. The predicted octanol–water partition coefficient (Wildman–Crippen LogP) is 1.91. The summed E-state index contributed by atoms with van der Waals surface area (Å²) in [7, 11) is -17.0. The Hall–Kier alpha value is -0.920. The van der Waals surface area contributed by atoms with E-state index in [2.05, 4.69) is 10.6 Å². The van der Waals surface area contributed by atoms with Crippen LogP contribution in [-0.4, -0.2) is 57.3 Å². The summed E-state index contributed by atoms with van der Waals surface area (Å²) in [4.78, 5) is 0. The first-order chi connectivity index (χ1) is 17.1. The van der Waals surface area contributed by atoms with Gasteiger partial charge in [0.25, 0.3) is 20.0 Å². The molecule has 2 aliphatic rings. The lowest BCUT2D eigenvalue weighted by Crippen LogP contribution is -2.33. The zero-order valence-corrected chi connectivity index (χ0v) is 25.4. The molecule has 37 heavy (non-hydrogen) atoms. The summed E-state index contributed by atoms with van der Waals surface area (Å²) < 4.78 is 105. The van der Waals surface area contributed by atoms with Gasteiger partial charge < -0.3 is 10.6 Å². The van der Waals surface area contributed by atoms with Gasteiger partial charge in [-0.1, -0.05) is 18.0 Å². The molecule has 0 fully saturated rings. The van der Waals surface area contributed by atoms with Crippen molar-refractivity contribution in [1.29, 1.82) is 0 Å². The zero-order chi connectivity index (χ0) is 27.6. The van der Waals surface area contributed by atoms with Crippen molar-refractivity contribution in [3.05, 3.63) is 23.3 Å². The Morgan fingerprint density at radius 1 is 0.757 bits per heavy atom. The van der Waals surface area contributed by atoms with Crippen molar-refractivity contribution in [3.8, 4) is 0 Å². The Morgan fingerprint density at radius 3 is 1.43 bits per heavy atom. The van der Waals surface area contributed by atoms with Gasteiger partial charge in [-0.05, 0) is 51.9 Å². The van der Waals surface area contributed by atoms with Gasteiger partial charge in [-0.25, -0.2) is 33.7 Å². The van der Waals surface area contributed by atoms with Crippen LogP contribution in [0.1, 0.15) is 63.7 Å². The molecule has 0 saturated heterocycles. The van der Waals surface area contributed by atoms with E-state index >= 15 is 0 Å². The first-order valence-electron chi connectivity index (χ1n) is 11.6. The fourth-order valence-electron chi connectivity index (χ4n) is 4.57. The molecule has 208 valence electrons. The minimum absolute atomic E-state index is 0.102. The Kier molecular flexibility index (Phi) is 7.80. The van der Waals surface area contributed by atoms with E-state index in [1.54, 1.807) is 18.0 Å². The normalized spacial score (nSPS) is 26.9. The standard InChI is InChI=1S/C20H29N3O8S6/c1-5-21-15-7-11(3)34(24,25)19-13(15)9-17(32-19)36(28,29)23-37(30,31)18-10-14-16(22-6-2)8-12(4)35(26,27)20(14)33-18/h9-12,15-16,21-23H,5-8H2,1-4H3/t11-,12-,15-,16?/m0/s1. The van der Waals surface area contributed by atoms with E-state index in [9.17, 15) is 33.7 Å². The number of hydrogen-bond donors (Lipinski definition) is 3. The number of thiophene rings is 2. The lowest BCUT2D eigenvalue weighted by Gasteiger charge is -2.27. The molecule has 2 aromatic rings. The number of nitrogens with one attached hydrogen (secondary N) is 3. The van der Waals surface area contributed by atoms with Crippen LogP contribution in [-0.2, 0) is 39.7 Å². The minimum Gasteiger partial charge on any atom is -0.310 e. The number of rotatable bonds is 8. The van der Waals surface area contributed by atoms with Gasteiger partial charge in [0, 0.05) is 23.2 Å². The zero-order valence-electron chi connectivity index (χ0n) is 20.5. The van der Waals surface area contributed by atoms with Crippen molar-refractivity contribution in [2.75, 3.05) is 13.1 Å². The van der Waals surface area contributed by atoms with Crippen molar-refractivity contribution in [1.82, 2.24) is 14.8 Å². The highest BCUT2D eigenvalue weighted by molar-refractivity contribution is 8.06. The molecule has 0 radical (unpaired) electrons. The van der Waals surface area contributed by atoms with E-state index in [-0.39, 0.29) is 21.3 Å². The number of hydrogen-bond acceptors (Lipinski definition) is 12. The highest BCUT2D eigenvalue weighted by Crippen LogP contribution is 2.44. The molecule has 4 heterocycles. The SMILES string of the molecule is CCNC1C[C@H](C)S(=O)(=O)c2sc(S(=O)(=O)NS(=O)(=O)c3cc4c(s3)S(=O)(=O)[C@@H](C)C[C@@H]4NCC)cc21. The second-order valence-corrected chi connectivity index (χ2v) is 20.4. The van der Waals surface area contributed by atoms with E-state index in [4.69, 9.17) is 0 Å². The molecule has 0 saturated carbocycles. The summed E-state index contributed by atoms with van der Waals surface area (Å²) in [6.45, 7) is 7.84. The monoisotopic (exact) mass is 631 g/mol. The molecule has 3 N–H and O–H groups in total. The van der Waals surface area contributed by atoms with Gasteiger partial charge in [-0.2, -0.15) is 0 Å². The smallest absolute Gasteiger partial charge is 0.263 e. The summed E-state index contributed by atoms with van der Waals surface area (Å²) in [6.07, 6.45) is 0.511. The Labute approximate surface area is 226 Å². The fourth-order valence-corrected chi connectivity index (χ4v) is 15.8. The first kappa shape index (κ1) is 29.1. The third kappa shape index (κ3) is 5.06. The van der Waals surface area contributed by atoms with Crippen LogP contribution < -0.4 is 14.8 Å². The molecular formula is C20H29N3O8S6. The van der Waals surface area contributed by atoms with Crippen LogP contribution in [0, 0.1) is 0 Å². The summed E-state index contributed by atoms with van der Waals surface area (Å²) in [5.74, 6) is 0. The van der Waals surface area contributed by atoms with Crippen LogP contribution in [0.15, 0.2) is 29.0 Å². The molecule has 0 amide bonds. The molecule has 4 atom stereocenters. The van der Waals surface area contributed by atoms with Crippen molar-refractivity contribution in [2.24, 2.45) is 0 Å². The van der Waals surface area contributed by atoms with Gasteiger partial charge in [0.1, 0.15) is 16.8 Å². The molecule has 2 aromatic heterocycles. The average molecular weight is 632 g/mol. The van der Waals surface area contributed by atoms with E-state index in [0.717, 1.165) is 0 Å². The topological polar surface area (TPSA) is 173 Å². The Morgan fingerprint density at radius 2 is 1.11 bits per heavy atom. The van der Waals surface area contributed by atoms with Crippen LogP contribution in [0.25, 0.3) is 0 Å². The summed E-state index contributed by atoms with van der Waals surface area (Å²) in [5.41, 5.74) is 0.589. The van der Waals surface area contributed by atoms with Crippen molar-refractivity contribution >= 4 is 62.4 Å². The highest BCUT2D eigenvalue weighted by Gasteiger charge is 2.42. The maximum absolute atomic E-state index is 13.2. The van der Waals surface area contributed by atoms with Gasteiger partial charge in [-0.3, -0.25) is 0 Å². The van der Waals surface area contributed by atoms with Crippen LogP contribution in [0.2, 0.25) is 0 Å². The first-order valence-corrected chi connectivity index (χ1v) is 19.3.